The summed E-state index contributed by atoms with van der Waals surface area (Å²) in [6.07, 6.45) is 5.16. The molecule has 1 aliphatic heterocycles. The highest BCUT2D eigenvalue weighted by Gasteiger charge is 2.23. The number of nitrogens with one attached hydrogen (secondary N) is 1. The molecule has 0 saturated heterocycles. The van der Waals surface area contributed by atoms with Gasteiger partial charge in [0.25, 0.3) is 5.91 Å². The Labute approximate surface area is 82.3 Å². The van der Waals surface area contributed by atoms with E-state index in [-0.39, 0.29) is 5.91 Å². The van der Waals surface area contributed by atoms with Crippen LogP contribution >= 0.6 is 0 Å². The molecule has 72 valence electrons. The van der Waals surface area contributed by atoms with Crippen molar-refractivity contribution in [2.75, 3.05) is 19.4 Å². The molecule has 0 atom stereocenters. The third kappa shape index (κ3) is 1.35. The Hall–Kier alpha value is -1.84. The predicted octanol–water partition coefficient (Wildman–Crippen LogP) is 0.936. The lowest BCUT2D eigenvalue weighted by molar-refractivity contribution is -0.110. The Morgan fingerprint density at radius 3 is 3.00 bits per heavy atom. The number of fused-ring (bicyclic) bond motifs is 1. The molecule has 0 aliphatic carbocycles. The summed E-state index contributed by atoms with van der Waals surface area (Å²) < 4.78 is 0. The van der Waals surface area contributed by atoms with Gasteiger partial charge in [0.2, 0.25) is 0 Å². The Balaban J connectivity index is 2.50. The molecule has 4 heteroatoms. The van der Waals surface area contributed by atoms with Crippen LogP contribution in [0.2, 0.25) is 0 Å². The van der Waals surface area contributed by atoms with Gasteiger partial charge in [-0.1, -0.05) is 0 Å². The van der Waals surface area contributed by atoms with E-state index in [2.05, 4.69) is 10.3 Å². The maximum Gasteiger partial charge on any atom is 0.257 e. The monoisotopic (exact) mass is 189 g/mol. The SMILES string of the molecule is CN(C)/C=C1\C(=O)Nc2ccncc21. The van der Waals surface area contributed by atoms with Crippen LogP contribution < -0.4 is 5.32 Å². The molecule has 0 saturated carbocycles. The van der Waals surface area contributed by atoms with Gasteiger partial charge in [-0.05, 0) is 6.07 Å². The van der Waals surface area contributed by atoms with Crippen molar-refractivity contribution in [3.63, 3.8) is 0 Å². The number of rotatable bonds is 1. The quantitative estimate of drug-likeness (QED) is 0.668. The number of carbonyl (C=O) groups excluding carboxylic acids is 1. The van der Waals surface area contributed by atoms with Crippen LogP contribution in [-0.2, 0) is 4.79 Å². The minimum absolute atomic E-state index is 0.0679. The van der Waals surface area contributed by atoms with Crippen LogP contribution in [0.5, 0.6) is 0 Å². The number of anilines is 1. The Morgan fingerprint density at radius 1 is 1.50 bits per heavy atom. The summed E-state index contributed by atoms with van der Waals surface area (Å²) in [6.45, 7) is 0. The minimum Gasteiger partial charge on any atom is -0.383 e. The van der Waals surface area contributed by atoms with Gasteiger partial charge in [-0.25, -0.2) is 0 Å². The first-order valence-electron chi connectivity index (χ1n) is 4.32. The molecule has 1 aromatic rings. The molecule has 0 unspecified atom stereocenters. The van der Waals surface area contributed by atoms with Gasteiger partial charge in [0.15, 0.2) is 0 Å². The molecule has 14 heavy (non-hydrogen) atoms. The summed E-state index contributed by atoms with van der Waals surface area (Å²) in [7, 11) is 3.77. The van der Waals surface area contributed by atoms with E-state index in [1.807, 2.05) is 19.0 Å². The minimum atomic E-state index is -0.0679. The van der Waals surface area contributed by atoms with Crippen LogP contribution in [0.25, 0.3) is 5.57 Å². The van der Waals surface area contributed by atoms with Crippen molar-refractivity contribution < 1.29 is 4.79 Å². The average molecular weight is 189 g/mol. The molecule has 1 aromatic heterocycles. The van der Waals surface area contributed by atoms with Gasteiger partial charge in [0.1, 0.15) is 0 Å². The topological polar surface area (TPSA) is 45.2 Å². The van der Waals surface area contributed by atoms with E-state index >= 15 is 0 Å². The zero-order valence-electron chi connectivity index (χ0n) is 8.11. The van der Waals surface area contributed by atoms with Crippen LogP contribution in [0.15, 0.2) is 24.7 Å². The van der Waals surface area contributed by atoms with Gasteiger partial charge in [-0.3, -0.25) is 9.78 Å². The van der Waals surface area contributed by atoms with Crippen LogP contribution in [0.4, 0.5) is 5.69 Å². The van der Waals surface area contributed by atoms with E-state index in [0.717, 1.165) is 11.3 Å². The number of pyridine rings is 1. The lowest BCUT2D eigenvalue weighted by Crippen LogP contribution is -2.08. The van der Waals surface area contributed by atoms with Gasteiger partial charge in [0, 0.05) is 38.3 Å². The summed E-state index contributed by atoms with van der Waals surface area (Å²) in [5, 5.41) is 2.78. The number of amides is 1. The zero-order chi connectivity index (χ0) is 10.1. The first kappa shape index (κ1) is 8.74. The highest BCUT2D eigenvalue weighted by atomic mass is 16.2. The molecule has 0 radical (unpaired) electrons. The molecule has 1 amide bonds. The average Bonchev–Trinajstić information content (AvgIpc) is 2.43. The van der Waals surface area contributed by atoms with Crippen LogP contribution in [0.1, 0.15) is 5.56 Å². The summed E-state index contributed by atoms with van der Waals surface area (Å²) in [5.41, 5.74) is 2.36. The molecular formula is C10H11N3O. The second kappa shape index (κ2) is 3.14. The maximum absolute atomic E-state index is 11.5. The van der Waals surface area contributed by atoms with Crippen molar-refractivity contribution in [1.82, 2.24) is 9.88 Å². The van der Waals surface area contributed by atoms with E-state index in [9.17, 15) is 4.79 Å². The highest BCUT2D eigenvalue weighted by molar-refractivity contribution is 6.31. The summed E-state index contributed by atoms with van der Waals surface area (Å²) in [5.74, 6) is -0.0679. The lowest BCUT2D eigenvalue weighted by atomic mass is 10.1. The van der Waals surface area contributed by atoms with Gasteiger partial charge in [0.05, 0.1) is 11.3 Å². The first-order valence-corrected chi connectivity index (χ1v) is 4.32. The van der Waals surface area contributed by atoms with Gasteiger partial charge in [-0.15, -0.1) is 0 Å². The number of nitrogens with zero attached hydrogens (tertiary/aromatic N) is 2. The molecule has 1 aliphatic rings. The maximum atomic E-state index is 11.5. The van der Waals surface area contributed by atoms with Crippen molar-refractivity contribution in [3.05, 3.63) is 30.2 Å². The second-order valence-electron chi connectivity index (χ2n) is 3.38. The number of hydrogen-bond acceptors (Lipinski definition) is 3. The first-order chi connectivity index (χ1) is 6.68. The Bertz CT molecular complexity index is 410. The van der Waals surface area contributed by atoms with Crippen LogP contribution in [0.3, 0.4) is 0 Å². The van der Waals surface area contributed by atoms with Crippen molar-refractivity contribution in [3.8, 4) is 0 Å². The highest BCUT2D eigenvalue weighted by Crippen LogP contribution is 2.30. The van der Waals surface area contributed by atoms with E-state index < -0.39 is 0 Å². The number of aromatic nitrogens is 1. The molecule has 1 N–H and O–H groups in total. The molecule has 0 spiro atoms. The molecule has 0 fully saturated rings. The summed E-state index contributed by atoms with van der Waals surface area (Å²) >= 11 is 0. The predicted molar refractivity (Wildman–Crippen MR) is 54.5 cm³/mol. The van der Waals surface area contributed by atoms with Crippen molar-refractivity contribution in [1.29, 1.82) is 0 Å². The van der Waals surface area contributed by atoms with Crippen molar-refractivity contribution >= 4 is 17.2 Å². The van der Waals surface area contributed by atoms with Gasteiger partial charge < -0.3 is 10.2 Å². The summed E-state index contributed by atoms with van der Waals surface area (Å²) in [6, 6.07) is 1.80. The third-order valence-electron chi connectivity index (χ3n) is 1.99. The normalized spacial score (nSPS) is 16.7. The van der Waals surface area contributed by atoms with Gasteiger partial charge in [-0.2, -0.15) is 0 Å². The fraction of sp³-hybridized carbons (Fsp3) is 0.200. The van der Waals surface area contributed by atoms with E-state index in [1.165, 1.54) is 0 Å². The third-order valence-corrected chi connectivity index (χ3v) is 1.99. The van der Waals surface area contributed by atoms with E-state index in [1.54, 1.807) is 24.7 Å². The molecule has 2 rings (SSSR count). The second-order valence-corrected chi connectivity index (χ2v) is 3.38. The largest absolute Gasteiger partial charge is 0.383 e. The lowest BCUT2D eigenvalue weighted by Gasteiger charge is -2.05. The standard InChI is InChI=1S/C10H11N3O/c1-13(2)6-8-7-5-11-4-3-9(7)12-10(8)14/h3-6H,1-2H3,(H,12,14)/b8-6-. The van der Waals surface area contributed by atoms with Crippen molar-refractivity contribution in [2.45, 2.75) is 0 Å². The Kier molecular flexibility index (Phi) is 1.96. The molecule has 0 aromatic carbocycles. The fourth-order valence-corrected chi connectivity index (χ4v) is 1.42. The summed E-state index contributed by atoms with van der Waals surface area (Å²) in [4.78, 5) is 17.4. The molecule has 0 bridgehead atoms. The smallest absolute Gasteiger partial charge is 0.257 e. The Morgan fingerprint density at radius 2 is 2.29 bits per heavy atom. The van der Waals surface area contributed by atoms with Crippen molar-refractivity contribution in [2.24, 2.45) is 0 Å². The molecular weight excluding hydrogens is 178 g/mol. The van der Waals surface area contributed by atoms with Crippen LogP contribution in [-0.4, -0.2) is 29.9 Å². The fourth-order valence-electron chi connectivity index (χ4n) is 1.42. The van der Waals surface area contributed by atoms with E-state index in [0.29, 0.717) is 5.57 Å². The number of carbonyl (C=O) groups is 1. The van der Waals surface area contributed by atoms with E-state index in [4.69, 9.17) is 0 Å². The van der Waals surface area contributed by atoms with Gasteiger partial charge >= 0.3 is 0 Å². The number of hydrogen-bond donors (Lipinski definition) is 1. The molecule has 2 heterocycles. The van der Waals surface area contributed by atoms with Crippen LogP contribution in [0, 0.1) is 0 Å². The molecule has 4 nitrogen and oxygen atoms in total. The zero-order valence-corrected chi connectivity index (χ0v) is 8.11.